The van der Waals surface area contributed by atoms with Gasteiger partial charge in [-0.25, -0.2) is 0 Å². The third-order valence-corrected chi connectivity index (χ3v) is 4.00. The standard InChI is InChI=1S/C16H23N5/c1-2-17-11-16-13-21(19-18-16)10-9-20-8-7-14-5-3-4-6-15(14)12-20/h3-6,13,17H,2,7-12H2,1H3. The Labute approximate surface area is 126 Å². The Morgan fingerprint density at radius 2 is 2.05 bits per heavy atom. The number of hydrogen-bond acceptors (Lipinski definition) is 4. The minimum atomic E-state index is 0.799. The summed E-state index contributed by atoms with van der Waals surface area (Å²) in [5, 5.41) is 11.7. The van der Waals surface area contributed by atoms with Gasteiger partial charge in [0.05, 0.1) is 12.2 Å². The SMILES string of the molecule is CCNCc1cn(CCN2CCc3ccccc3C2)nn1. The molecule has 1 aromatic carbocycles. The highest BCUT2D eigenvalue weighted by atomic mass is 15.4. The number of fused-ring (bicyclic) bond motifs is 1. The molecule has 0 fully saturated rings. The van der Waals surface area contributed by atoms with Crippen molar-refractivity contribution >= 4 is 0 Å². The zero-order chi connectivity index (χ0) is 14.5. The summed E-state index contributed by atoms with van der Waals surface area (Å²) < 4.78 is 1.95. The summed E-state index contributed by atoms with van der Waals surface area (Å²) in [7, 11) is 0. The summed E-state index contributed by atoms with van der Waals surface area (Å²) in [6.45, 7) is 7.97. The van der Waals surface area contributed by atoms with Gasteiger partial charge in [0.2, 0.25) is 0 Å². The molecule has 0 bridgehead atoms. The van der Waals surface area contributed by atoms with E-state index in [2.05, 4.69) is 51.7 Å². The van der Waals surface area contributed by atoms with Crippen molar-refractivity contribution in [2.75, 3.05) is 19.6 Å². The average Bonchev–Trinajstić information content (AvgIpc) is 2.98. The number of nitrogens with zero attached hydrogens (tertiary/aromatic N) is 4. The number of benzene rings is 1. The Morgan fingerprint density at radius 3 is 2.90 bits per heavy atom. The second-order valence-corrected chi connectivity index (χ2v) is 5.55. The van der Waals surface area contributed by atoms with Crippen LogP contribution >= 0.6 is 0 Å². The van der Waals surface area contributed by atoms with Crippen molar-refractivity contribution in [2.24, 2.45) is 0 Å². The molecule has 2 aromatic rings. The summed E-state index contributed by atoms with van der Waals surface area (Å²) >= 11 is 0. The zero-order valence-electron chi connectivity index (χ0n) is 12.6. The molecule has 1 aromatic heterocycles. The number of aromatic nitrogens is 3. The topological polar surface area (TPSA) is 46.0 Å². The molecule has 21 heavy (non-hydrogen) atoms. The van der Waals surface area contributed by atoms with E-state index in [0.29, 0.717) is 0 Å². The van der Waals surface area contributed by atoms with E-state index in [-0.39, 0.29) is 0 Å². The van der Waals surface area contributed by atoms with Crippen LogP contribution in [-0.2, 0) is 26.1 Å². The van der Waals surface area contributed by atoms with Crippen LogP contribution in [0.1, 0.15) is 23.7 Å². The van der Waals surface area contributed by atoms with Gasteiger partial charge in [0.25, 0.3) is 0 Å². The quantitative estimate of drug-likeness (QED) is 0.872. The van der Waals surface area contributed by atoms with Gasteiger partial charge in [-0.3, -0.25) is 9.58 Å². The third kappa shape index (κ3) is 3.68. The maximum Gasteiger partial charge on any atom is 0.0964 e. The third-order valence-electron chi connectivity index (χ3n) is 4.00. The molecular formula is C16H23N5. The minimum absolute atomic E-state index is 0.799. The first kappa shape index (κ1) is 14.2. The van der Waals surface area contributed by atoms with Gasteiger partial charge in [-0.05, 0) is 24.1 Å². The largest absolute Gasteiger partial charge is 0.311 e. The van der Waals surface area contributed by atoms with Crippen LogP contribution < -0.4 is 5.32 Å². The summed E-state index contributed by atoms with van der Waals surface area (Å²) in [6.07, 6.45) is 3.19. The molecule has 0 radical (unpaired) electrons. The van der Waals surface area contributed by atoms with E-state index >= 15 is 0 Å². The van der Waals surface area contributed by atoms with Gasteiger partial charge < -0.3 is 5.32 Å². The fourth-order valence-corrected chi connectivity index (χ4v) is 2.77. The van der Waals surface area contributed by atoms with Gasteiger partial charge in [-0.2, -0.15) is 0 Å². The highest BCUT2D eigenvalue weighted by Crippen LogP contribution is 2.18. The van der Waals surface area contributed by atoms with E-state index < -0.39 is 0 Å². The van der Waals surface area contributed by atoms with Crippen LogP contribution in [0.25, 0.3) is 0 Å². The fraction of sp³-hybridized carbons (Fsp3) is 0.500. The molecule has 1 aliphatic heterocycles. The van der Waals surface area contributed by atoms with Crippen molar-refractivity contribution in [1.82, 2.24) is 25.2 Å². The van der Waals surface area contributed by atoms with Gasteiger partial charge >= 0.3 is 0 Å². The van der Waals surface area contributed by atoms with E-state index in [1.54, 1.807) is 0 Å². The highest BCUT2D eigenvalue weighted by Gasteiger charge is 2.15. The molecule has 0 saturated carbocycles. The molecule has 5 heteroatoms. The van der Waals surface area contributed by atoms with Gasteiger partial charge in [0.1, 0.15) is 0 Å². The van der Waals surface area contributed by atoms with Crippen LogP contribution in [-0.4, -0.2) is 39.5 Å². The molecule has 0 aliphatic carbocycles. The lowest BCUT2D eigenvalue weighted by atomic mass is 10.00. The maximum atomic E-state index is 4.20. The van der Waals surface area contributed by atoms with E-state index in [4.69, 9.17) is 0 Å². The monoisotopic (exact) mass is 285 g/mol. The van der Waals surface area contributed by atoms with Gasteiger partial charge in [0, 0.05) is 32.4 Å². The van der Waals surface area contributed by atoms with Crippen molar-refractivity contribution in [3.05, 3.63) is 47.3 Å². The first-order valence-corrected chi connectivity index (χ1v) is 7.74. The van der Waals surface area contributed by atoms with Gasteiger partial charge in [-0.1, -0.05) is 36.4 Å². The normalized spacial score (nSPS) is 15.1. The zero-order valence-corrected chi connectivity index (χ0v) is 12.6. The Balaban J connectivity index is 1.51. The van der Waals surface area contributed by atoms with Crippen molar-refractivity contribution in [2.45, 2.75) is 33.0 Å². The molecular weight excluding hydrogens is 262 g/mol. The van der Waals surface area contributed by atoms with E-state index in [1.165, 1.54) is 11.1 Å². The number of nitrogens with one attached hydrogen (secondary N) is 1. The second-order valence-electron chi connectivity index (χ2n) is 5.55. The summed E-state index contributed by atoms with van der Waals surface area (Å²) in [5.41, 5.74) is 3.98. The molecule has 0 amide bonds. The molecule has 1 aliphatic rings. The van der Waals surface area contributed by atoms with Crippen LogP contribution in [0.15, 0.2) is 30.5 Å². The molecule has 2 heterocycles. The van der Waals surface area contributed by atoms with Crippen LogP contribution in [0, 0.1) is 0 Å². The predicted octanol–water partition coefficient (Wildman–Crippen LogP) is 1.45. The molecule has 112 valence electrons. The molecule has 0 saturated heterocycles. The van der Waals surface area contributed by atoms with Gasteiger partial charge in [-0.15, -0.1) is 5.10 Å². The predicted molar refractivity (Wildman–Crippen MR) is 82.8 cm³/mol. The minimum Gasteiger partial charge on any atom is -0.311 e. The van der Waals surface area contributed by atoms with Crippen LogP contribution in [0.5, 0.6) is 0 Å². The molecule has 5 nitrogen and oxygen atoms in total. The average molecular weight is 285 g/mol. The molecule has 0 unspecified atom stereocenters. The number of hydrogen-bond donors (Lipinski definition) is 1. The Bertz CT molecular complexity index is 578. The Kier molecular flexibility index (Phi) is 4.62. The van der Waals surface area contributed by atoms with Crippen molar-refractivity contribution < 1.29 is 0 Å². The maximum absolute atomic E-state index is 4.20. The van der Waals surface area contributed by atoms with Crippen LogP contribution in [0.3, 0.4) is 0 Å². The van der Waals surface area contributed by atoms with Gasteiger partial charge in [0.15, 0.2) is 0 Å². The Hall–Kier alpha value is -1.72. The van der Waals surface area contributed by atoms with Crippen molar-refractivity contribution in [3.8, 4) is 0 Å². The lowest BCUT2D eigenvalue weighted by Gasteiger charge is -2.28. The summed E-state index contributed by atoms with van der Waals surface area (Å²) in [5.74, 6) is 0. The molecule has 1 N–H and O–H groups in total. The Morgan fingerprint density at radius 1 is 1.19 bits per heavy atom. The lowest BCUT2D eigenvalue weighted by molar-refractivity contribution is 0.239. The highest BCUT2D eigenvalue weighted by molar-refractivity contribution is 5.28. The lowest BCUT2D eigenvalue weighted by Crippen LogP contribution is -2.33. The van der Waals surface area contributed by atoms with E-state index in [0.717, 1.165) is 51.4 Å². The summed E-state index contributed by atoms with van der Waals surface area (Å²) in [4.78, 5) is 2.49. The van der Waals surface area contributed by atoms with Crippen molar-refractivity contribution in [3.63, 3.8) is 0 Å². The number of rotatable bonds is 6. The molecule has 3 rings (SSSR count). The second kappa shape index (κ2) is 6.83. The fourth-order valence-electron chi connectivity index (χ4n) is 2.77. The first-order valence-electron chi connectivity index (χ1n) is 7.74. The van der Waals surface area contributed by atoms with Crippen molar-refractivity contribution in [1.29, 1.82) is 0 Å². The van der Waals surface area contributed by atoms with Crippen LogP contribution in [0.2, 0.25) is 0 Å². The molecule has 0 atom stereocenters. The first-order chi connectivity index (χ1) is 10.3. The summed E-state index contributed by atoms with van der Waals surface area (Å²) in [6, 6.07) is 8.76. The molecule has 0 spiro atoms. The smallest absolute Gasteiger partial charge is 0.0964 e. The van der Waals surface area contributed by atoms with E-state index in [1.807, 2.05) is 10.9 Å². The van der Waals surface area contributed by atoms with Crippen LogP contribution in [0.4, 0.5) is 0 Å². The van der Waals surface area contributed by atoms with E-state index in [9.17, 15) is 0 Å².